The van der Waals surface area contributed by atoms with Crippen LogP contribution in [-0.4, -0.2) is 29.6 Å². The molecule has 3 unspecified atom stereocenters. The van der Waals surface area contributed by atoms with E-state index in [1.165, 1.54) is 19.3 Å². The van der Waals surface area contributed by atoms with E-state index in [1.807, 2.05) is 0 Å². The first kappa shape index (κ1) is 12.5. The van der Waals surface area contributed by atoms with Crippen LogP contribution in [-0.2, 0) is 0 Å². The lowest BCUT2D eigenvalue weighted by Gasteiger charge is -2.42. The van der Waals surface area contributed by atoms with Crippen molar-refractivity contribution in [2.75, 3.05) is 6.54 Å². The van der Waals surface area contributed by atoms with Gasteiger partial charge in [-0.2, -0.15) is 5.26 Å². The van der Waals surface area contributed by atoms with Gasteiger partial charge in [0.25, 0.3) is 0 Å². The predicted molar refractivity (Wildman–Crippen MR) is 62.3 cm³/mol. The lowest BCUT2D eigenvalue weighted by molar-refractivity contribution is 0.0806. The molecule has 0 spiro atoms. The molecule has 2 N–H and O–H groups in total. The molecule has 0 aromatic carbocycles. The third-order valence-corrected chi connectivity index (χ3v) is 3.47. The Morgan fingerprint density at radius 1 is 1.53 bits per heavy atom. The van der Waals surface area contributed by atoms with E-state index >= 15 is 0 Å². The first-order chi connectivity index (χ1) is 7.20. The number of nitrogens with zero attached hydrogens (tertiary/aromatic N) is 2. The van der Waals surface area contributed by atoms with Gasteiger partial charge in [0.05, 0.1) is 12.5 Å². The van der Waals surface area contributed by atoms with Crippen molar-refractivity contribution in [2.45, 2.75) is 64.1 Å². The Morgan fingerprint density at radius 3 is 2.80 bits per heavy atom. The fourth-order valence-corrected chi connectivity index (χ4v) is 2.60. The number of nitrogens with two attached hydrogens (primary N) is 1. The van der Waals surface area contributed by atoms with Gasteiger partial charge in [0, 0.05) is 18.1 Å². The summed E-state index contributed by atoms with van der Waals surface area (Å²) in [6.45, 7) is 5.36. The van der Waals surface area contributed by atoms with Crippen molar-refractivity contribution >= 4 is 0 Å². The standard InChI is InChI=1S/C12H23N3/c1-3-11(7-8-13)15-9-5-4-6-12(15)10(2)14/h10-12H,3-7,9,14H2,1-2H3. The van der Waals surface area contributed by atoms with Crippen molar-refractivity contribution in [1.82, 2.24) is 4.90 Å². The number of nitriles is 1. The second-order valence-electron chi connectivity index (χ2n) is 4.58. The maximum Gasteiger partial charge on any atom is 0.0638 e. The summed E-state index contributed by atoms with van der Waals surface area (Å²) in [5.41, 5.74) is 6.02. The molecule has 0 bridgehead atoms. The largest absolute Gasteiger partial charge is 0.327 e. The summed E-state index contributed by atoms with van der Waals surface area (Å²) in [5, 5.41) is 8.82. The van der Waals surface area contributed by atoms with Crippen LogP contribution in [0.3, 0.4) is 0 Å². The third-order valence-electron chi connectivity index (χ3n) is 3.47. The lowest BCUT2D eigenvalue weighted by Crippen LogP contribution is -2.53. The Labute approximate surface area is 93.2 Å². The lowest BCUT2D eigenvalue weighted by atomic mass is 9.93. The minimum atomic E-state index is 0.220. The van der Waals surface area contributed by atoms with Crippen LogP contribution in [0.5, 0.6) is 0 Å². The normalized spacial score (nSPS) is 26.9. The summed E-state index contributed by atoms with van der Waals surface area (Å²) in [7, 11) is 0. The Morgan fingerprint density at radius 2 is 2.27 bits per heavy atom. The molecule has 0 aliphatic carbocycles. The van der Waals surface area contributed by atoms with E-state index in [4.69, 9.17) is 11.0 Å². The van der Waals surface area contributed by atoms with Crippen LogP contribution >= 0.6 is 0 Å². The van der Waals surface area contributed by atoms with Crippen LogP contribution in [0, 0.1) is 11.3 Å². The molecule has 0 aromatic heterocycles. The van der Waals surface area contributed by atoms with Crippen LogP contribution in [0.15, 0.2) is 0 Å². The second-order valence-corrected chi connectivity index (χ2v) is 4.58. The van der Waals surface area contributed by atoms with E-state index < -0.39 is 0 Å². The summed E-state index contributed by atoms with van der Waals surface area (Å²) < 4.78 is 0. The molecule has 15 heavy (non-hydrogen) atoms. The van der Waals surface area contributed by atoms with Gasteiger partial charge in [-0.05, 0) is 32.7 Å². The van der Waals surface area contributed by atoms with Gasteiger partial charge in [-0.25, -0.2) is 0 Å². The second kappa shape index (κ2) is 6.09. The minimum absolute atomic E-state index is 0.220. The average Bonchev–Trinajstić information content (AvgIpc) is 2.26. The molecule has 3 atom stereocenters. The molecule has 1 heterocycles. The van der Waals surface area contributed by atoms with Crippen molar-refractivity contribution in [3.8, 4) is 6.07 Å². The summed E-state index contributed by atoms with van der Waals surface area (Å²) >= 11 is 0. The molecular formula is C12H23N3. The van der Waals surface area contributed by atoms with Crippen molar-refractivity contribution in [3.63, 3.8) is 0 Å². The number of piperidine rings is 1. The van der Waals surface area contributed by atoms with E-state index in [-0.39, 0.29) is 6.04 Å². The van der Waals surface area contributed by atoms with Gasteiger partial charge >= 0.3 is 0 Å². The van der Waals surface area contributed by atoms with Gasteiger partial charge in [0.2, 0.25) is 0 Å². The van der Waals surface area contributed by atoms with E-state index in [9.17, 15) is 0 Å². The molecule has 1 aliphatic heterocycles. The van der Waals surface area contributed by atoms with Crippen molar-refractivity contribution in [1.29, 1.82) is 5.26 Å². The topological polar surface area (TPSA) is 53.0 Å². The number of hydrogen-bond donors (Lipinski definition) is 1. The molecule has 0 saturated carbocycles. The molecule has 0 amide bonds. The highest BCUT2D eigenvalue weighted by Crippen LogP contribution is 2.23. The van der Waals surface area contributed by atoms with Crippen LogP contribution in [0.2, 0.25) is 0 Å². The average molecular weight is 209 g/mol. The monoisotopic (exact) mass is 209 g/mol. The third kappa shape index (κ3) is 3.19. The highest BCUT2D eigenvalue weighted by atomic mass is 15.2. The first-order valence-corrected chi connectivity index (χ1v) is 6.09. The molecule has 1 rings (SSSR count). The highest BCUT2D eigenvalue weighted by molar-refractivity contribution is 4.90. The van der Waals surface area contributed by atoms with Gasteiger partial charge < -0.3 is 5.73 Å². The van der Waals surface area contributed by atoms with Gasteiger partial charge in [0.15, 0.2) is 0 Å². The predicted octanol–water partition coefficient (Wildman–Crippen LogP) is 1.88. The van der Waals surface area contributed by atoms with E-state index in [2.05, 4.69) is 24.8 Å². The van der Waals surface area contributed by atoms with Crippen LogP contribution in [0.4, 0.5) is 0 Å². The molecule has 1 fully saturated rings. The zero-order valence-corrected chi connectivity index (χ0v) is 9.95. The first-order valence-electron chi connectivity index (χ1n) is 6.09. The number of likely N-dealkylation sites (tertiary alicyclic amines) is 1. The Bertz CT molecular complexity index is 219. The molecule has 1 aliphatic rings. The summed E-state index contributed by atoms with van der Waals surface area (Å²) in [4.78, 5) is 2.47. The zero-order valence-electron chi connectivity index (χ0n) is 9.95. The molecule has 0 aromatic rings. The van der Waals surface area contributed by atoms with Gasteiger partial charge in [0.1, 0.15) is 0 Å². The van der Waals surface area contributed by atoms with Crippen molar-refractivity contribution in [3.05, 3.63) is 0 Å². The molecule has 3 heteroatoms. The summed E-state index contributed by atoms with van der Waals surface area (Å²) in [6, 6.07) is 3.41. The van der Waals surface area contributed by atoms with Gasteiger partial charge in [-0.1, -0.05) is 13.3 Å². The Hall–Kier alpha value is -0.590. The molecule has 86 valence electrons. The smallest absolute Gasteiger partial charge is 0.0638 e. The summed E-state index contributed by atoms with van der Waals surface area (Å²) in [6.07, 6.45) is 5.42. The van der Waals surface area contributed by atoms with E-state index in [1.54, 1.807) is 0 Å². The van der Waals surface area contributed by atoms with Crippen molar-refractivity contribution in [2.24, 2.45) is 5.73 Å². The Balaban J connectivity index is 2.65. The number of rotatable bonds is 4. The van der Waals surface area contributed by atoms with Gasteiger partial charge in [-0.3, -0.25) is 4.90 Å². The van der Waals surface area contributed by atoms with Crippen molar-refractivity contribution < 1.29 is 0 Å². The quantitative estimate of drug-likeness (QED) is 0.769. The van der Waals surface area contributed by atoms with E-state index in [0.717, 1.165) is 13.0 Å². The molecular weight excluding hydrogens is 186 g/mol. The fourth-order valence-electron chi connectivity index (χ4n) is 2.60. The van der Waals surface area contributed by atoms with Crippen LogP contribution in [0.1, 0.15) is 46.0 Å². The highest BCUT2D eigenvalue weighted by Gasteiger charge is 2.29. The molecule has 0 radical (unpaired) electrons. The molecule has 3 nitrogen and oxygen atoms in total. The zero-order chi connectivity index (χ0) is 11.3. The SMILES string of the molecule is CCC(CC#N)N1CCCCC1C(C)N. The van der Waals surface area contributed by atoms with E-state index in [0.29, 0.717) is 18.5 Å². The maximum absolute atomic E-state index is 8.82. The number of hydrogen-bond acceptors (Lipinski definition) is 3. The fraction of sp³-hybridized carbons (Fsp3) is 0.917. The summed E-state index contributed by atoms with van der Waals surface area (Å²) in [5.74, 6) is 0. The van der Waals surface area contributed by atoms with Crippen LogP contribution < -0.4 is 5.73 Å². The van der Waals surface area contributed by atoms with Crippen LogP contribution in [0.25, 0.3) is 0 Å². The minimum Gasteiger partial charge on any atom is -0.327 e. The molecule has 1 saturated heterocycles. The Kier molecular flexibility index (Phi) is 5.07. The van der Waals surface area contributed by atoms with Gasteiger partial charge in [-0.15, -0.1) is 0 Å². The maximum atomic E-state index is 8.82.